The number of aromatic hydroxyl groups is 1. The molecule has 4 nitrogen and oxygen atoms in total. The van der Waals surface area contributed by atoms with Gasteiger partial charge in [-0.1, -0.05) is 15.9 Å². The Morgan fingerprint density at radius 2 is 2.05 bits per heavy atom. The van der Waals surface area contributed by atoms with Gasteiger partial charge >= 0.3 is 5.97 Å². The molecule has 0 unspecified atom stereocenters. The van der Waals surface area contributed by atoms with Gasteiger partial charge < -0.3 is 15.6 Å². The molecule has 0 bridgehead atoms. The van der Waals surface area contributed by atoms with Crippen LogP contribution in [0.2, 0.25) is 0 Å². The van der Waals surface area contributed by atoms with E-state index in [0.717, 1.165) is 6.07 Å². The van der Waals surface area contributed by atoms with E-state index in [1.165, 1.54) is 13.2 Å². The fourth-order valence-corrected chi connectivity index (χ4v) is 2.05. The van der Waals surface area contributed by atoms with Crippen molar-refractivity contribution in [2.75, 3.05) is 7.11 Å². The number of ether oxygens (including phenoxy) is 1. The van der Waals surface area contributed by atoms with Crippen molar-refractivity contribution in [3.8, 4) is 5.75 Å². The van der Waals surface area contributed by atoms with E-state index in [1.807, 2.05) is 0 Å². The molecule has 0 radical (unpaired) electrons. The van der Waals surface area contributed by atoms with Gasteiger partial charge in [-0.2, -0.15) is 0 Å². The van der Waals surface area contributed by atoms with Crippen molar-refractivity contribution in [2.45, 2.75) is 19.9 Å². The van der Waals surface area contributed by atoms with Crippen LogP contribution in [0.3, 0.4) is 0 Å². The molecule has 0 aliphatic carbocycles. The van der Waals surface area contributed by atoms with Crippen LogP contribution in [0.25, 0.3) is 0 Å². The third-order valence-corrected chi connectivity index (χ3v) is 3.34. The highest BCUT2D eigenvalue weighted by Gasteiger charge is 2.38. The molecule has 7 heteroatoms. The monoisotopic (exact) mass is 355 g/mol. The fourth-order valence-electron chi connectivity index (χ4n) is 1.60. The number of phenolic OH excluding ortho intramolecular Hbond substituents is 1. The minimum Gasteiger partial charge on any atom is -0.505 e. The van der Waals surface area contributed by atoms with Crippen molar-refractivity contribution in [3.63, 3.8) is 0 Å². The van der Waals surface area contributed by atoms with E-state index < -0.39 is 29.0 Å². The summed E-state index contributed by atoms with van der Waals surface area (Å²) in [6.07, 6.45) is 0. The molecule has 108 valence electrons. The number of benzene rings is 1. The zero-order chi connectivity index (χ0) is 14.1. The van der Waals surface area contributed by atoms with Gasteiger partial charge in [0.1, 0.15) is 0 Å². The number of methoxy groups -OCH3 is 1. The summed E-state index contributed by atoms with van der Waals surface area (Å²) in [6, 6.07) is 1.71. The second kappa shape index (κ2) is 6.54. The Hall–Kier alpha value is -0.850. The van der Waals surface area contributed by atoms with Gasteiger partial charge in [0.05, 0.1) is 12.5 Å². The van der Waals surface area contributed by atoms with Crippen LogP contribution >= 0.6 is 28.3 Å². The summed E-state index contributed by atoms with van der Waals surface area (Å²) in [5.74, 6) is -1.88. The number of hydrogen-bond acceptors (Lipinski definition) is 4. The van der Waals surface area contributed by atoms with Crippen molar-refractivity contribution < 1.29 is 19.0 Å². The maximum absolute atomic E-state index is 13.4. The molecule has 0 aromatic heterocycles. The van der Waals surface area contributed by atoms with E-state index in [1.54, 1.807) is 13.8 Å². The summed E-state index contributed by atoms with van der Waals surface area (Å²) in [5.41, 5.74) is 5.01. The van der Waals surface area contributed by atoms with E-state index in [-0.39, 0.29) is 18.0 Å². The Morgan fingerprint density at radius 3 is 2.53 bits per heavy atom. The lowest BCUT2D eigenvalue weighted by Gasteiger charge is -2.29. The fraction of sp³-hybridized carbons (Fsp3) is 0.417. The molecule has 0 saturated heterocycles. The maximum Gasteiger partial charge on any atom is 0.313 e. The van der Waals surface area contributed by atoms with Gasteiger partial charge in [0.2, 0.25) is 0 Å². The summed E-state index contributed by atoms with van der Waals surface area (Å²) in [4.78, 5) is 11.6. The molecule has 1 aromatic carbocycles. The standard InChI is InChI=1S/C12H15BrFNO3.ClH/c1-12(2,11(17)18-3)10(15)7-4-6(13)5-8(14)9(7)16;/h4-5,10,16H,15H2,1-3H3;1H/t10-;/m1./s1. The second-order valence-electron chi connectivity index (χ2n) is 4.52. The number of nitrogens with two attached hydrogens (primary N) is 1. The normalized spacial score (nSPS) is 12.5. The third-order valence-electron chi connectivity index (χ3n) is 2.88. The molecule has 19 heavy (non-hydrogen) atoms. The predicted molar refractivity (Wildman–Crippen MR) is 75.7 cm³/mol. The predicted octanol–water partition coefficient (Wildman–Crippen LogP) is 2.91. The largest absolute Gasteiger partial charge is 0.505 e. The Balaban J connectivity index is 0.00000324. The van der Waals surface area contributed by atoms with Gasteiger partial charge in [-0.05, 0) is 26.0 Å². The van der Waals surface area contributed by atoms with Crippen LogP contribution in [0.1, 0.15) is 25.5 Å². The summed E-state index contributed by atoms with van der Waals surface area (Å²) in [5, 5.41) is 9.68. The smallest absolute Gasteiger partial charge is 0.313 e. The first-order chi connectivity index (χ1) is 8.21. The van der Waals surface area contributed by atoms with Crippen LogP contribution in [0, 0.1) is 11.2 Å². The Morgan fingerprint density at radius 1 is 1.53 bits per heavy atom. The molecule has 0 fully saturated rings. The van der Waals surface area contributed by atoms with Crippen molar-refractivity contribution in [2.24, 2.45) is 11.1 Å². The highest BCUT2D eigenvalue weighted by molar-refractivity contribution is 9.10. The van der Waals surface area contributed by atoms with Gasteiger partial charge in [-0.15, -0.1) is 12.4 Å². The van der Waals surface area contributed by atoms with E-state index in [2.05, 4.69) is 20.7 Å². The van der Waals surface area contributed by atoms with Crippen LogP contribution in [-0.2, 0) is 9.53 Å². The Kier molecular flexibility index (Phi) is 6.25. The first kappa shape index (κ1) is 18.1. The molecule has 0 aliphatic rings. The molecular formula is C12H16BrClFNO3. The lowest BCUT2D eigenvalue weighted by Crippen LogP contribution is -2.37. The first-order valence-electron chi connectivity index (χ1n) is 5.23. The average Bonchev–Trinajstić information content (AvgIpc) is 2.31. The van der Waals surface area contributed by atoms with Crippen LogP contribution in [0.4, 0.5) is 4.39 Å². The van der Waals surface area contributed by atoms with Crippen LogP contribution in [0.5, 0.6) is 5.75 Å². The topological polar surface area (TPSA) is 72.5 Å². The Labute approximate surface area is 125 Å². The summed E-state index contributed by atoms with van der Waals surface area (Å²) in [7, 11) is 1.25. The zero-order valence-corrected chi connectivity index (χ0v) is 13.1. The number of hydrogen-bond donors (Lipinski definition) is 2. The first-order valence-corrected chi connectivity index (χ1v) is 6.03. The molecule has 1 atom stereocenters. The van der Waals surface area contributed by atoms with Gasteiger partial charge in [-0.3, -0.25) is 4.79 Å². The quantitative estimate of drug-likeness (QED) is 0.817. The SMILES string of the molecule is COC(=O)C(C)(C)[C@H](N)c1cc(Br)cc(F)c1O.Cl. The van der Waals surface area contributed by atoms with E-state index in [0.29, 0.717) is 4.47 Å². The summed E-state index contributed by atoms with van der Waals surface area (Å²) in [6.45, 7) is 3.14. The van der Waals surface area contributed by atoms with Crippen LogP contribution < -0.4 is 5.73 Å². The molecule has 1 rings (SSSR count). The van der Waals surface area contributed by atoms with E-state index >= 15 is 0 Å². The lowest BCUT2D eigenvalue weighted by molar-refractivity contribution is -0.152. The molecule has 0 amide bonds. The molecule has 3 N–H and O–H groups in total. The van der Waals surface area contributed by atoms with Gasteiger partial charge in [-0.25, -0.2) is 4.39 Å². The molecule has 0 aliphatic heterocycles. The number of esters is 1. The molecule has 0 spiro atoms. The average molecular weight is 357 g/mol. The highest BCUT2D eigenvalue weighted by Crippen LogP contribution is 2.39. The summed E-state index contributed by atoms with van der Waals surface area (Å²) >= 11 is 3.11. The maximum atomic E-state index is 13.4. The molecular weight excluding hydrogens is 340 g/mol. The molecule has 1 aromatic rings. The van der Waals surface area contributed by atoms with Crippen molar-refractivity contribution in [3.05, 3.63) is 28.0 Å². The van der Waals surface area contributed by atoms with Gasteiger partial charge in [0, 0.05) is 16.1 Å². The van der Waals surface area contributed by atoms with Gasteiger partial charge in [0.25, 0.3) is 0 Å². The minimum atomic E-state index is -1.08. The third kappa shape index (κ3) is 3.58. The molecule has 0 heterocycles. The van der Waals surface area contributed by atoms with Crippen molar-refractivity contribution >= 4 is 34.3 Å². The van der Waals surface area contributed by atoms with Crippen molar-refractivity contribution in [1.29, 1.82) is 0 Å². The molecule has 0 saturated carbocycles. The van der Waals surface area contributed by atoms with Crippen LogP contribution in [-0.4, -0.2) is 18.2 Å². The van der Waals surface area contributed by atoms with E-state index in [4.69, 9.17) is 5.73 Å². The minimum absolute atomic E-state index is 0. The zero-order valence-electron chi connectivity index (χ0n) is 10.7. The van der Waals surface area contributed by atoms with E-state index in [9.17, 15) is 14.3 Å². The number of phenols is 1. The highest BCUT2D eigenvalue weighted by atomic mass is 79.9. The van der Waals surface area contributed by atoms with Gasteiger partial charge in [0.15, 0.2) is 11.6 Å². The second-order valence-corrected chi connectivity index (χ2v) is 5.43. The van der Waals surface area contributed by atoms with Crippen molar-refractivity contribution in [1.82, 2.24) is 0 Å². The van der Waals surface area contributed by atoms with Crippen LogP contribution in [0.15, 0.2) is 16.6 Å². The number of carbonyl (C=O) groups is 1. The number of halogens is 3. The Bertz CT molecular complexity index is 482. The number of carbonyl (C=O) groups excluding carboxylic acids is 1. The summed E-state index contributed by atoms with van der Waals surface area (Å²) < 4.78 is 18.5. The lowest BCUT2D eigenvalue weighted by atomic mass is 9.80. The number of rotatable bonds is 3.